The molecule has 0 unspecified atom stereocenters. The van der Waals surface area contributed by atoms with Gasteiger partial charge in [0.05, 0.1) is 0 Å². The van der Waals surface area contributed by atoms with Crippen LogP contribution in [0.15, 0.2) is 0 Å². The van der Waals surface area contributed by atoms with E-state index in [0.717, 1.165) is 10.6 Å². The molecule has 0 aromatic carbocycles. The van der Waals surface area contributed by atoms with Crippen molar-refractivity contribution in [2.75, 3.05) is 6.61 Å². The average Bonchev–Trinajstić information content (AvgIpc) is 1.85. The fourth-order valence-corrected chi connectivity index (χ4v) is 2.10. The Kier molecular flexibility index (Phi) is 6.83. The molecular weight excluding hydrogens is 199 g/mol. The molecule has 0 aromatic rings. The maximum absolute atomic E-state index is 5.10. The van der Waals surface area contributed by atoms with Crippen LogP contribution >= 0.6 is 12.2 Å². The van der Waals surface area contributed by atoms with E-state index >= 15 is 0 Å². The zero-order valence-electron chi connectivity index (χ0n) is 5.85. The van der Waals surface area contributed by atoms with E-state index in [9.17, 15) is 0 Å². The summed E-state index contributed by atoms with van der Waals surface area (Å²) in [5, 5.41) is 1.21. The van der Waals surface area contributed by atoms with E-state index in [2.05, 4.69) is 6.92 Å². The minimum absolute atomic E-state index is 0.445. The van der Waals surface area contributed by atoms with Gasteiger partial charge in [0.1, 0.15) is 0 Å². The van der Waals surface area contributed by atoms with Crippen molar-refractivity contribution in [1.29, 1.82) is 0 Å². The van der Waals surface area contributed by atoms with Crippen LogP contribution in [0.4, 0.5) is 0 Å². The molecule has 0 aliphatic carbocycles. The van der Waals surface area contributed by atoms with E-state index in [4.69, 9.17) is 17.0 Å². The van der Waals surface area contributed by atoms with Gasteiger partial charge in [-0.1, -0.05) is 0 Å². The third-order valence-corrected chi connectivity index (χ3v) is 3.44. The molecule has 0 aromatic heterocycles. The van der Waals surface area contributed by atoms with Gasteiger partial charge in [-0.2, -0.15) is 0 Å². The minimum atomic E-state index is 0.445. The number of rotatable bonds is 4. The van der Waals surface area contributed by atoms with Gasteiger partial charge in [0.15, 0.2) is 0 Å². The Bertz CT molecular complexity index is 85.1. The maximum atomic E-state index is 5.10. The molecule has 0 saturated carbocycles. The summed E-state index contributed by atoms with van der Waals surface area (Å²) in [6, 6.07) is 0. The van der Waals surface area contributed by atoms with Crippen LogP contribution in [0.25, 0.3) is 0 Å². The Balaban J connectivity index is 3.06. The van der Waals surface area contributed by atoms with Crippen molar-refractivity contribution >= 4 is 31.1 Å². The van der Waals surface area contributed by atoms with Crippen LogP contribution in [0.1, 0.15) is 20.3 Å². The summed E-state index contributed by atoms with van der Waals surface area (Å²) in [6.45, 7) is 4.86. The van der Waals surface area contributed by atoms with Crippen molar-refractivity contribution < 1.29 is 4.74 Å². The molecule has 0 aliphatic rings. The van der Waals surface area contributed by atoms with Gasteiger partial charge in [0, 0.05) is 0 Å². The van der Waals surface area contributed by atoms with Crippen molar-refractivity contribution in [2.45, 2.75) is 25.6 Å². The second-order valence-corrected chi connectivity index (χ2v) is 4.73. The standard InChI is InChI=1S/C6H12OSSe/c1-3-5-9-6(8)7-4-2/h3-5H2,1-2H3. The van der Waals surface area contributed by atoms with Gasteiger partial charge in [-0.25, -0.2) is 0 Å². The van der Waals surface area contributed by atoms with Gasteiger partial charge in [-0.05, 0) is 0 Å². The summed E-state index contributed by atoms with van der Waals surface area (Å²) in [5.74, 6) is 0. The van der Waals surface area contributed by atoms with E-state index in [1.165, 1.54) is 11.7 Å². The van der Waals surface area contributed by atoms with Crippen LogP contribution in [-0.2, 0) is 4.74 Å². The molecule has 0 rings (SSSR count). The first-order valence-corrected chi connectivity index (χ1v) is 5.58. The molecule has 1 nitrogen and oxygen atoms in total. The Labute approximate surface area is 68.3 Å². The van der Waals surface area contributed by atoms with E-state index < -0.39 is 0 Å². The molecule has 0 bridgehead atoms. The predicted molar refractivity (Wildman–Crippen MR) is 45.1 cm³/mol. The van der Waals surface area contributed by atoms with Crippen LogP contribution in [0.2, 0.25) is 5.32 Å². The van der Waals surface area contributed by atoms with Crippen molar-refractivity contribution in [2.24, 2.45) is 0 Å². The van der Waals surface area contributed by atoms with Gasteiger partial charge in [-0.15, -0.1) is 0 Å². The number of hydrogen-bond donors (Lipinski definition) is 0. The molecule has 0 atom stereocenters. The molecule has 0 spiro atoms. The summed E-state index contributed by atoms with van der Waals surface area (Å²) < 4.78 is 5.93. The van der Waals surface area contributed by atoms with Crippen molar-refractivity contribution in [3.8, 4) is 0 Å². The normalized spacial score (nSPS) is 9.11. The number of thiocarbonyl (C=S) groups is 1. The molecule has 0 N–H and O–H groups in total. The monoisotopic (exact) mass is 212 g/mol. The Morgan fingerprint density at radius 3 is 2.67 bits per heavy atom. The molecule has 0 heterocycles. The fraction of sp³-hybridized carbons (Fsp3) is 0.833. The van der Waals surface area contributed by atoms with E-state index in [-0.39, 0.29) is 0 Å². The van der Waals surface area contributed by atoms with E-state index in [1.807, 2.05) is 6.92 Å². The van der Waals surface area contributed by atoms with Gasteiger partial charge in [-0.3, -0.25) is 0 Å². The van der Waals surface area contributed by atoms with Gasteiger partial charge >= 0.3 is 68.1 Å². The first-order chi connectivity index (χ1) is 4.31. The average molecular weight is 211 g/mol. The van der Waals surface area contributed by atoms with Crippen molar-refractivity contribution in [1.82, 2.24) is 0 Å². The molecule has 0 amide bonds. The molecular formula is C6H12OSSe. The molecule has 0 aliphatic heterocycles. The zero-order chi connectivity index (χ0) is 7.11. The van der Waals surface area contributed by atoms with Crippen LogP contribution in [-0.4, -0.2) is 25.5 Å². The summed E-state index contributed by atoms with van der Waals surface area (Å²) >= 11 is 5.37. The van der Waals surface area contributed by atoms with Crippen molar-refractivity contribution in [3.63, 3.8) is 0 Å². The second-order valence-electron chi connectivity index (χ2n) is 1.53. The Morgan fingerprint density at radius 2 is 2.22 bits per heavy atom. The van der Waals surface area contributed by atoms with Crippen LogP contribution < -0.4 is 0 Å². The third kappa shape index (κ3) is 6.29. The molecule has 0 fully saturated rings. The summed E-state index contributed by atoms with van der Waals surface area (Å²) in [6.07, 6.45) is 1.22. The van der Waals surface area contributed by atoms with Crippen LogP contribution in [0.5, 0.6) is 0 Å². The van der Waals surface area contributed by atoms with Crippen LogP contribution in [0, 0.1) is 0 Å². The molecule has 0 saturated heterocycles. The summed E-state index contributed by atoms with van der Waals surface area (Å²) in [7, 11) is 0. The quantitative estimate of drug-likeness (QED) is 0.518. The van der Waals surface area contributed by atoms with E-state index in [0.29, 0.717) is 15.0 Å². The number of hydrogen-bond acceptors (Lipinski definition) is 2. The zero-order valence-corrected chi connectivity index (χ0v) is 8.38. The van der Waals surface area contributed by atoms with Gasteiger partial charge < -0.3 is 0 Å². The predicted octanol–water partition coefficient (Wildman–Crippen LogP) is 1.84. The molecule has 0 radical (unpaired) electrons. The van der Waals surface area contributed by atoms with Gasteiger partial charge in [0.25, 0.3) is 0 Å². The molecule has 3 heteroatoms. The summed E-state index contributed by atoms with van der Waals surface area (Å²) in [5.41, 5.74) is 0. The second kappa shape index (κ2) is 6.53. The first kappa shape index (κ1) is 9.41. The van der Waals surface area contributed by atoms with E-state index in [1.54, 1.807) is 0 Å². The fourth-order valence-electron chi connectivity index (χ4n) is 0.345. The summed E-state index contributed by atoms with van der Waals surface area (Å²) in [4.78, 5) is 0. The molecule has 9 heavy (non-hydrogen) atoms. The first-order valence-electron chi connectivity index (χ1n) is 3.10. The number of ether oxygens (including phenoxy) is 1. The Hall–Kier alpha value is 0.409. The topological polar surface area (TPSA) is 9.23 Å². The van der Waals surface area contributed by atoms with Crippen molar-refractivity contribution in [3.05, 3.63) is 0 Å². The Morgan fingerprint density at radius 1 is 1.56 bits per heavy atom. The third-order valence-electron chi connectivity index (χ3n) is 0.686. The van der Waals surface area contributed by atoms with Crippen LogP contribution in [0.3, 0.4) is 0 Å². The SMILES string of the molecule is CCC[Se]C(=S)OCC. The molecule has 54 valence electrons. The van der Waals surface area contributed by atoms with Gasteiger partial charge in [0.2, 0.25) is 0 Å².